The van der Waals surface area contributed by atoms with E-state index in [4.69, 9.17) is 16.3 Å². The maximum absolute atomic E-state index is 6.48. The van der Waals surface area contributed by atoms with Crippen molar-refractivity contribution in [3.63, 3.8) is 0 Å². The summed E-state index contributed by atoms with van der Waals surface area (Å²) in [7, 11) is 2.04. The average Bonchev–Trinajstić information content (AvgIpc) is 2.61. The van der Waals surface area contributed by atoms with Gasteiger partial charge < -0.3 is 10.1 Å². The molecule has 2 aliphatic rings. The normalized spacial score (nSPS) is 33.4. The van der Waals surface area contributed by atoms with Crippen LogP contribution in [-0.4, -0.2) is 12.6 Å². The molecule has 2 nitrogen and oxygen atoms in total. The number of fused-ring (bicyclic) bond motifs is 1. The number of rotatable bonds is 1. The third kappa shape index (κ3) is 2.68. The van der Waals surface area contributed by atoms with Crippen LogP contribution in [0.5, 0.6) is 5.75 Å². The van der Waals surface area contributed by atoms with Crippen LogP contribution in [0.2, 0.25) is 5.02 Å². The van der Waals surface area contributed by atoms with E-state index < -0.39 is 0 Å². The second-order valence-corrected chi connectivity index (χ2v) is 6.99. The maximum Gasteiger partial charge on any atom is 0.125 e. The minimum Gasteiger partial charge on any atom is -0.487 e. The number of ether oxygens (including phenoxy) is 1. The first-order valence-corrected chi connectivity index (χ1v) is 8.15. The second kappa shape index (κ2) is 5.57. The Labute approximate surface area is 126 Å². The van der Waals surface area contributed by atoms with Crippen molar-refractivity contribution in [2.24, 2.45) is 5.92 Å². The lowest BCUT2D eigenvalue weighted by atomic mass is 9.82. The number of benzene rings is 1. The van der Waals surface area contributed by atoms with E-state index in [1.54, 1.807) is 0 Å². The molecule has 3 heteroatoms. The molecule has 20 heavy (non-hydrogen) atoms. The molecule has 3 unspecified atom stereocenters. The zero-order chi connectivity index (χ0) is 14.2. The highest BCUT2D eigenvalue weighted by Crippen LogP contribution is 2.46. The van der Waals surface area contributed by atoms with Crippen molar-refractivity contribution in [2.45, 2.75) is 57.1 Å². The Bertz CT molecular complexity index is 490. The van der Waals surface area contributed by atoms with Crippen molar-refractivity contribution in [2.75, 3.05) is 7.05 Å². The van der Waals surface area contributed by atoms with Gasteiger partial charge in [-0.15, -0.1) is 0 Å². The predicted molar refractivity (Wildman–Crippen MR) is 83.5 cm³/mol. The highest BCUT2D eigenvalue weighted by molar-refractivity contribution is 6.30. The Morgan fingerprint density at radius 3 is 2.95 bits per heavy atom. The van der Waals surface area contributed by atoms with E-state index in [0.717, 1.165) is 23.1 Å². The molecule has 1 spiro atoms. The molecule has 1 N–H and O–H groups in total. The van der Waals surface area contributed by atoms with Crippen LogP contribution in [0.3, 0.4) is 0 Å². The van der Waals surface area contributed by atoms with E-state index in [-0.39, 0.29) is 5.60 Å². The molecule has 110 valence electrons. The topological polar surface area (TPSA) is 21.3 Å². The van der Waals surface area contributed by atoms with E-state index >= 15 is 0 Å². The summed E-state index contributed by atoms with van der Waals surface area (Å²) in [6.07, 6.45) is 7.30. The average molecular weight is 294 g/mol. The van der Waals surface area contributed by atoms with Gasteiger partial charge in [-0.05, 0) is 56.8 Å². The minimum absolute atomic E-state index is 0.0270. The molecule has 3 rings (SSSR count). The Balaban J connectivity index is 1.92. The molecule has 0 saturated heterocycles. The van der Waals surface area contributed by atoms with Gasteiger partial charge in [-0.3, -0.25) is 0 Å². The lowest BCUT2D eigenvalue weighted by Gasteiger charge is -2.42. The Morgan fingerprint density at radius 1 is 1.30 bits per heavy atom. The fourth-order valence-corrected chi connectivity index (χ4v) is 3.94. The van der Waals surface area contributed by atoms with E-state index in [1.165, 1.54) is 37.7 Å². The summed E-state index contributed by atoms with van der Waals surface area (Å²) in [4.78, 5) is 0. The van der Waals surface area contributed by atoms with Gasteiger partial charge in [0.2, 0.25) is 0 Å². The molecule has 1 saturated carbocycles. The fraction of sp³-hybridized carbons (Fsp3) is 0.647. The van der Waals surface area contributed by atoms with Crippen molar-refractivity contribution in [3.05, 3.63) is 28.8 Å². The van der Waals surface area contributed by atoms with Gasteiger partial charge in [-0.25, -0.2) is 0 Å². The summed E-state index contributed by atoms with van der Waals surface area (Å²) in [5, 5.41) is 4.24. The Morgan fingerprint density at radius 2 is 2.15 bits per heavy atom. The first-order chi connectivity index (χ1) is 9.62. The summed E-state index contributed by atoms with van der Waals surface area (Å²) in [5.41, 5.74) is 1.24. The summed E-state index contributed by atoms with van der Waals surface area (Å²) in [6.45, 7) is 2.37. The molecule has 1 aromatic carbocycles. The fourth-order valence-electron chi connectivity index (χ4n) is 3.76. The molecule has 1 aliphatic carbocycles. The molecular formula is C17H24ClNO. The van der Waals surface area contributed by atoms with Gasteiger partial charge in [0.25, 0.3) is 0 Å². The Hall–Kier alpha value is -0.730. The standard InChI is InChI=1S/C17H24ClNO/c1-12-4-3-8-17(9-7-12)11-15(19-2)14-10-13(18)5-6-16(14)20-17/h5-6,10,12,15,19H,3-4,7-9,11H2,1-2H3. The van der Waals surface area contributed by atoms with Crippen molar-refractivity contribution < 1.29 is 4.74 Å². The van der Waals surface area contributed by atoms with Gasteiger partial charge >= 0.3 is 0 Å². The first kappa shape index (κ1) is 14.2. The monoisotopic (exact) mass is 293 g/mol. The van der Waals surface area contributed by atoms with Gasteiger partial charge in [0, 0.05) is 23.0 Å². The molecule has 0 amide bonds. The van der Waals surface area contributed by atoms with Crippen LogP contribution in [-0.2, 0) is 0 Å². The van der Waals surface area contributed by atoms with E-state index in [9.17, 15) is 0 Å². The second-order valence-electron chi connectivity index (χ2n) is 6.55. The van der Waals surface area contributed by atoms with Crippen molar-refractivity contribution in [1.82, 2.24) is 5.32 Å². The van der Waals surface area contributed by atoms with Crippen molar-refractivity contribution in [1.29, 1.82) is 0 Å². The molecule has 0 aromatic heterocycles. The number of hydrogen-bond donors (Lipinski definition) is 1. The summed E-state index contributed by atoms with van der Waals surface area (Å²) >= 11 is 6.14. The van der Waals surface area contributed by atoms with Crippen LogP contribution in [0.25, 0.3) is 0 Å². The molecule has 3 atom stereocenters. The van der Waals surface area contributed by atoms with Gasteiger partial charge in [0.1, 0.15) is 11.4 Å². The largest absolute Gasteiger partial charge is 0.487 e. The molecule has 1 aliphatic heterocycles. The number of nitrogens with one attached hydrogen (secondary N) is 1. The maximum atomic E-state index is 6.48. The minimum atomic E-state index is 0.0270. The quantitative estimate of drug-likeness (QED) is 0.809. The smallest absolute Gasteiger partial charge is 0.125 e. The zero-order valence-corrected chi connectivity index (χ0v) is 13.2. The molecule has 1 fully saturated rings. The summed E-state index contributed by atoms with van der Waals surface area (Å²) in [5.74, 6) is 1.85. The number of halogens is 1. The Kier molecular flexibility index (Phi) is 3.96. The van der Waals surface area contributed by atoms with Crippen LogP contribution < -0.4 is 10.1 Å². The SMILES string of the molecule is CNC1CC2(CCCC(C)CC2)Oc2ccc(Cl)cc21. The predicted octanol–water partition coefficient (Wildman–Crippen LogP) is 4.72. The van der Waals surface area contributed by atoms with E-state index in [2.05, 4.69) is 12.2 Å². The third-order valence-electron chi connectivity index (χ3n) is 5.02. The van der Waals surface area contributed by atoms with Crippen LogP contribution in [0, 0.1) is 5.92 Å². The third-order valence-corrected chi connectivity index (χ3v) is 5.26. The molecular weight excluding hydrogens is 270 g/mol. The van der Waals surface area contributed by atoms with Crippen molar-refractivity contribution in [3.8, 4) is 5.75 Å². The van der Waals surface area contributed by atoms with Crippen LogP contribution in [0.4, 0.5) is 0 Å². The van der Waals surface area contributed by atoms with E-state index in [1.807, 2.05) is 25.2 Å². The molecule has 1 heterocycles. The van der Waals surface area contributed by atoms with Gasteiger partial charge in [-0.1, -0.05) is 24.9 Å². The molecule has 0 radical (unpaired) electrons. The highest BCUT2D eigenvalue weighted by atomic mass is 35.5. The van der Waals surface area contributed by atoms with E-state index in [0.29, 0.717) is 6.04 Å². The van der Waals surface area contributed by atoms with Crippen LogP contribution >= 0.6 is 11.6 Å². The number of hydrogen-bond acceptors (Lipinski definition) is 2. The lowest BCUT2D eigenvalue weighted by molar-refractivity contribution is 0.0164. The zero-order valence-electron chi connectivity index (χ0n) is 12.4. The van der Waals surface area contributed by atoms with Crippen LogP contribution in [0.15, 0.2) is 18.2 Å². The lowest BCUT2D eigenvalue weighted by Crippen LogP contribution is -2.43. The summed E-state index contributed by atoms with van der Waals surface area (Å²) < 4.78 is 6.48. The summed E-state index contributed by atoms with van der Waals surface area (Å²) in [6, 6.07) is 6.37. The van der Waals surface area contributed by atoms with Crippen LogP contribution in [0.1, 0.15) is 57.1 Å². The van der Waals surface area contributed by atoms with Gasteiger partial charge in [0.15, 0.2) is 0 Å². The molecule has 0 bridgehead atoms. The van der Waals surface area contributed by atoms with Gasteiger partial charge in [0.05, 0.1) is 0 Å². The first-order valence-electron chi connectivity index (χ1n) is 7.78. The molecule has 1 aromatic rings. The van der Waals surface area contributed by atoms with Crippen molar-refractivity contribution >= 4 is 11.6 Å². The highest BCUT2D eigenvalue weighted by Gasteiger charge is 2.41. The van der Waals surface area contributed by atoms with Gasteiger partial charge in [-0.2, -0.15) is 0 Å².